The first-order valence-electron chi connectivity index (χ1n) is 8.71. The van der Waals surface area contributed by atoms with Crippen LogP contribution in [0.4, 0.5) is 4.79 Å². The molecule has 3 N–H and O–H groups in total. The molecule has 0 spiro atoms. The molecule has 8 nitrogen and oxygen atoms in total. The van der Waals surface area contributed by atoms with Crippen LogP contribution in [0.15, 0.2) is 29.5 Å². The molecule has 0 atom stereocenters. The number of nitrogens with two attached hydrogens (primary N) is 1. The van der Waals surface area contributed by atoms with Gasteiger partial charge in [-0.3, -0.25) is 9.98 Å². The Morgan fingerprint density at radius 1 is 1.42 bits per heavy atom. The van der Waals surface area contributed by atoms with Crippen LogP contribution >= 0.6 is 0 Å². The van der Waals surface area contributed by atoms with Crippen LogP contribution in [0.1, 0.15) is 32.8 Å². The molecule has 1 aromatic heterocycles. The lowest BCUT2D eigenvalue weighted by Crippen LogP contribution is -2.37. The van der Waals surface area contributed by atoms with E-state index in [4.69, 9.17) is 15.2 Å². The number of ether oxygens (including phenoxy) is 2. The van der Waals surface area contributed by atoms with Crippen molar-refractivity contribution in [3.63, 3.8) is 0 Å². The number of nitrogens with zero attached hydrogens (tertiary/aromatic N) is 3. The van der Waals surface area contributed by atoms with E-state index in [1.165, 1.54) is 0 Å². The molecule has 0 aliphatic heterocycles. The fourth-order valence-corrected chi connectivity index (χ4v) is 2.07. The molecule has 26 heavy (non-hydrogen) atoms. The van der Waals surface area contributed by atoms with Crippen molar-refractivity contribution in [3.05, 3.63) is 30.1 Å². The molecule has 0 radical (unpaired) electrons. The Hall–Kier alpha value is -2.35. The van der Waals surface area contributed by atoms with Crippen LogP contribution in [-0.2, 0) is 16.0 Å². The van der Waals surface area contributed by atoms with Crippen molar-refractivity contribution in [3.8, 4) is 0 Å². The quantitative estimate of drug-likeness (QED) is 0.393. The summed E-state index contributed by atoms with van der Waals surface area (Å²) in [5.41, 5.74) is 6.17. The van der Waals surface area contributed by atoms with E-state index in [9.17, 15) is 4.79 Å². The van der Waals surface area contributed by atoms with Crippen LogP contribution in [0.3, 0.4) is 0 Å². The number of guanidine groups is 1. The van der Waals surface area contributed by atoms with Gasteiger partial charge in [0.25, 0.3) is 0 Å². The molecule has 1 amide bonds. The monoisotopic (exact) mass is 365 g/mol. The van der Waals surface area contributed by atoms with Gasteiger partial charge in [0.1, 0.15) is 5.60 Å². The summed E-state index contributed by atoms with van der Waals surface area (Å²) in [5.74, 6) is 0.373. The van der Waals surface area contributed by atoms with E-state index < -0.39 is 5.60 Å². The Kier molecular flexibility index (Phi) is 9.43. The molecular weight excluding hydrogens is 334 g/mol. The average Bonchev–Trinajstić information content (AvgIpc) is 2.57. The van der Waals surface area contributed by atoms with Gasteiger partial charge in [-0.15, -0.1) is 0 Å². The van der Waals surface area contributed by atoms with E-state index in [0.29, 0.717) is 45.2 Å². The molecule has 0 aliphatic carbocycles. The molecule has 0 fully saturated rings. The number of rotatable bonds is 9. The second-order valence-corrected chi connectivity index (χ2v) is 6.80. The summed E-state index contributed by atoms with van der Waals surface area (Å²) in [7, 11) is 1.63. The predicted octanol–water partition coefficient (Wildman–Crippen LogP) is 1.76. The molecule has 8 heteroatoms. The Balaban J connectivity index is 2.56. The Bertz CT molecular complexity index is 558. The maximum absolute atomic E-state index is 12.5. The highest BCUT2D eigenvalue weighted by Crippen LogP contribution is 2.12. The van der Waals surface area contributed by atoms with Crippen LogP contribution in [0, 0.1) is 0 Å². The fourth-order valence-electron chi connectivity index (χ4n) is 2.07. The highest BCUT2D eigenvalue weighted by Gasteiger charge is 2.22. The summed E-state index contributed by atoms with van der Waals surface area (Å²) in [5, 5.41) is 2.95. The largest absolute Gasteiger partial charge is 0.444 e. The molecule has 0 bridgehead atoms. The SMILES string of the molecule is COCCNC(N)=NCCCN(Cc1cccnc1)C(=O)OC(C)(C)C. The second-order valence-electron chi connectivity index (χ2n) is 6.80. The molecule has 1 rings (SSSR count). The van der Waals surface area contributed by atoms with Gasteiger partial charge in [0.2, 0.25) is 0 Å². The van der Waals surface area contributed by atoms with Gasteiger partial charge in [-0.2, -0.15) is 0 Å². The Morgan fingerprint density at radius 2 is 2.19 bits per heavy atom. The van der Waals surface area contributed by atoms with Gasteiger partial charge in [-0.25, -0.2) is 4.79 Å². The normalized spacial score (nSPS) is 11.9. The third-order valence-electron chi connectivity index (χ3n) is 3.23. The van der Waals surface area contributed by atoms with E-state index in [-0.39, 0.29) is 6.09 Å². The summed E-state index contributed by atoms with van der Waals surface area (Å²) in [6.45, 7) is 8.19. The number of aromatic nitrogens is 1. The summed E-state index contributed by atoms with van der Waals surface area (Å²) < 4.78 is 10.4. The van der Waals surface area contributed by atoms with Gasteiger partial charge >= 0.3 is 6.09 Å². The van der Waals surface area contributed by atoms with Gasteiger partial charge in [-0.1, -0.05) is 6.07 Å². The van der Waals surface area contributed by atoms with Crippen molar-refractivity contribution in [1.82, 2.24) is 15.2 Å². The minimum Gasteiger partial charge on any atom is -0.444 e. The first-order chi connectivity index (χ1) is 12.3. The molecule has 146 valence electrons. The number of carbonyl (C=O) groups is 1. The van der Waals surface area contributed by atoms with Crippen molar-refractivity contribution in [2.24, 2.45) is 10.7 Å². The molecule has 0 saturated heterocycles. The molecular formula is C18H31N5O3. The smallest absolute Gasteiger partial charge is 0.410 e. The molecule has 0 aromatic carbocycles. The van der Waals surface area contributed by atoms with Crippen molar-refractivity contribution in [2.45, 2.75) is 39.3 Å². The Labute approximate surface area is 155 Å². The van der Waals surface area contributed by atoms with Gasteiger partial charge in [-0.05, 0) is 38.8 Å². The summed E-state index contributed by atoms with van der Waals surface area (Å²) in [6.07, 6.45) is 3.77. The van der Waals surface area contributed by atoms with Gasteiger partial charge in [0.05, 0.1) is 13.2 Å². The number of aliphatic imine (C=N–C) groups is 1. The van der Waals surface area contributed by atoms with Crippen LogP contribution in [0.2, 0.25) is 0 Å². The van der Waals surface area contributed by atoms with E-state index in [1.807, 2.05) is 32.9 Å². The summed E-state index contributed by atoms with van der Waals surface area (Å²) in [6, 6.07) is 3.78. The zero-order chi connectivity index (χ0) is 19.4. The first-order valence-corrected chi connectivity index (χ1v) is 8.71. The van der Waals surface area contributed by atoms with Gasteiger partial charge < -0.3 is 25.4 Å². The van der Waals surface area contributed by atoms with E-state index in [0.717, 1.165) is 5.56 Å². The number of methoxy groups -OCH3 is 1. The summed E-state index contributed by atoms with van der Waals surface area (Å²) >= 11 is 0. The molecule has 0 saturated carbocycles. The minimum absolute atomic E-state index is 0.350. The molecule has 1 aromatic rings. The number of carbonyl (C=O) groups excluding carboxylic acids is 1. The second kappa shape index (κ2) is 11.3. The standard InChI is InChI=1S/C18H31N5O3/c1-18(2,3)26-17(24)23(14-15-7-5-8-20-13-15)11-6-9-21-16(19)22-10-12-25-4/h5,7-8,13H,6,9-12,14H2,1-4H3,(H3,19,21,22). The van der Waals surface area contributed by atoms with E-state index in [2.05, 4.69) is 15.3 Å². The van der Waals surface area contributed by atoms with Crippen molar-refractivity contribution >= 4 is 12.1 Å². The zero-order valence-corrected chi connectivity index (χ0v) is 16.2. The minimum atomic E-state index is -0.544. The number of nitrogens with one attached hydrogen (secondary N) is 1. The lowest BCUT2D eigenvalue weighted by Gasteiger charge is -2.27. The molecule has 1 heterocycles. The lowest BCUT2D eigenvalue weighted by atomic mass is 10.2. The maximum Gasteiger partial charge on any atom is 0.410 e. The van der Waals surface area contributed by atoms with Crippen LogP contribution in [0.25, 0.3) is 0 Å². The van der Waals surface area contributed by atoms with Crippen LogP contribution < -0.4 is 11.1 Å². The van der Waals surface area contributed by atoms with Crippen LogP contribution in [0.5, 0.6) is 0 Å². The number of amides is 1. The number of hydrogen-bond acceptors (Lipinski definition) is 5. The predicted molar refractivity (Wildman–Crippen MR) is 102 cm³/mol. The summed E-state index contributed by atoms with van der Waals surface area (Å²) in [4.78, 5) is 22.5. The molecule has 0 aliphatic rings. The lowest BCUT2D eigenvalue weighted by molar-refractivity contribution is 0.0232. The highest BCUT2D eigenvalue weighted by molar-refractivity contribution is 5.77. The van der Waals surface area contributed by atoms with Gasteiger partial charge in [0.15, 0.2) is 5.96 Å². The van der Waals surface area contributed by atoms with Crippen LogP contribution in [-0.4, -0.2) is 60.9 Å². The zero-order valence-electron chi connectivity index (χ0n) is 16.2. The van der Waals surface area contributed by atoms with Crippen molar-refractivity contribution < 1.29 is 14.3 Å². The molecule has 0 unspecified atom stereocenters. The average molecular weight is 365 g/mol. The first kappa shape index (κ1) is 21.7. The Morgan fingerprint density at radius 3 is 2.81 bits per heavy atom. The third-order valence-corrected chi connectivity index (χ3v) is 3.23. The van der Waals surface area contributed by atoms with Gasteiger partial charge in [0, 0.05) is 39.1 Å². The maximum atomic E-state index is 12.5. The third kappa shape index (κ3) is 9.83. The highest BCUT2D eigenvalue weighted by atomic mass is 16.6. The van der Waals surface area contributed by atoms with E-state index >= 15 is 0 Å². The topological polar surface area (TPSA) is 102 Å². The fraction of sp³-hybridized carbons (Fsp3) is 0.611. The van der Waals surface area contributed by atoms with E-state index in [1.54, 1.807) is 24.4 Å². The van der Waals surface area contributed by atoms with Crippen molar-refractivity contribution in [1.29, 1.82) is 0 Å². The number of hydrogen-bond donors (Lipinski definition) is 2. The van der Waals surface area contributed by atoms with Crippen molar-refractivity contribution in [2.75, 3.05) is 33.4 Å². The number of pyridine rings is 1.